The molecule has 0 N–H and O–H groups in total. The van der Waals surface area contributed by atoms with Gasteiger partial charge in [0.25, 0.3) is 0 Å². The third-order valence-corrected chi connectivity index (χ3v) is 13.7. The minimum absolute atomic E-state index is 0.179. The summed E-state index contributed by atoms with van der Waals surface area (Å²) < 4.78 is 6.71. The molecular formula is C62H42N4O. The van der Waals surface area contributed by atoms with Gasteiger partial charge in [0, 0.05) is 33.2 Å². The summed E-state index contributed by atoms with van der Waals surface area (Å²) in [6, 6.07) is 78.6. The van der Waals surface area contributed by atoms with E-state index in [0.717, 1.165) is 61.6 Å². The lowest BCUT2D eigenvalue weighted by Crippen LogP contribution is -2.34. The molecule has 0 saturated carbocycles. The van der Waals surface area contributed by atoms with Gasteiger partial charge in [0.2, 0.25) is 0 Å². The van der Waals surface area contributed by atoms with Crippen LogP contribution in [0.25, 0.3) is 67.5 Å². The number of hydrogen-bond acceptors (Lipinski definition) is 5. The molecule has 12 rings (SSSR count). The summed E-state index contributed by atoms with van der Waals surface area (Å²) in [6.07, 6.45) is 0. The average Bonchev–Trinajstić information content (AvgIpc) is 3.63. The molecule has 1 aromatic heterocycles. The van der Waals surface area contributed by atoms with E-state index in [-0.39, 0.29) is 5.41 Å². The normalized spacial score (nSPS) is 13.6. The van der Waals surface area contributed by atoms with Crippen molar-refractivity contribution >= 4 is 0 Å². The van der Waals surface area contributed by atoms with Gasteiger partial charge in [-0.05, 0) is 116 Å². The van der Waals surface area contributed by atoms with Gasteiger partial charge in [0.05, 0.1) is 17.0 Å². The maximum Gasteiger partial charge on any atom is 0.164 e. The molecule has 0 radical (unpaired) electrons. The minimum Gasteiger partial charge on any atom is -0.457 e. The van der Waals surface area contributed by atoms with Crippen molar-refractivity contribution in [3.05, 3.63) is 257 Å². The van der Waals surface area contributed by atoms with E-state index in [0.29, 0.717) is 23.0 Å². The highest BCUT2D eigenvalue weighted by Crippen LogP contribution is 2.56. The van der Waals surface area contributed by atoms with Crippen molar-refractivity contribution in [2.75, 3.05) is 0 Å². The number of aromatic nitrogens is 3. The summed E-state index contributed by atoms with van der Waals surface area (Å²) >= 11 is 0. The Balaban J connectivity index is 0.957. The van der Waals surface area contributed by atoms with E-state index in [4.69, 9.17) is 19.7 Å². The Labute approximate surface area is 390 Å². The number of benzene rings is 9. The molecule has 1 aliphatic carbocycles. The van der Waals surface area contributed by atoms with E-state index in [1.807, 2.05) is 18.2 Å². The summed E-state index contributed by atoms with van der Waals surface area (Å²) in [5, 5.41) is 9.56. The summed E-state index contributed by atoms with van der Waals surface area (Å²) in [6.45, 7) is 4.56. The van der Waals surface area contributed by atoms with E-state index in [1.54, 1.807) is 12.1 Å². The Hall–Kier alpha value is -8.72. The Kier molecular flexibility index (Phi) is 9.37. The molecule has 0 spiro atoms. The molecule has 0 bridgehead atoms. The minimum atomic E-state index is -0.615. The quantitative estimate of drug-likeness (QED) is 0.160. The number of hydrogen-bond donors (Lipinski definition) is 0. The zero-order valence-corrected chi connectivity index (χ0v) is 37.0. The SMILES string of the molecule is CC1(C)c2ccccc2-c2ccc(-c3nc(-c4ccc(C#N)cc4)nc(-c4cccc(-c5cccc(-c6ccc7c(c6)C(c6ccccc6)(c6ccccc6)c6ccccc6O7)c5)c4)n3)cc21. The molecule has 9 aromatic carbocycles. The monoisotopic (exact) mass is 858 g/mol. The van der Waals surface area contributed by atoms with Crippen molar-refractivity contribution in [1.82, 2.24) is 15.0 Å². The molecule has 10 aromatic rings. The Morgan fingerprint density at radius 1 is 0.373 bits per heavy atom. The first kappa shape index (κ1) is 39.8. The third-order valence-electron chi connectivity index (χ3n) is 13.7. The topological polar surface area (TPSA) is 71.7 Å². The zero-order chi connectivity index (χ0) is 45.1. The first-order chi connectivity index (χ1) is 32.9. The standard InChI is InChI=1S/C62H42N4O/c1-61(2)52-24-10-9-23-50(52)51-33-31-47(38-54(51)61)60-65-58(41-29-27-40(39-63)28-30-41)64-59(66-60)46-18-14-17-44(36-46)42-15-13-16-43(35-42)45-32-34-57-55(37-45)62(48-19-5-3-6-20-48,49-21-7-4-8-22-49)53-25-11-12-26-56(53)67-57/h3-38H,1-2H3. The van der Waals surface area contributed by atoms with Crippen LogP contribution in [-0.2, 0) is 10.8 Å². The Morgan fingerprint density at radius 3 is 1.49 bits per heavy atom. The van der Waals surface area contributed by atoms with Crippen molar-refractivity contribution in [1.29, 1.82) is 5.26 Å². The predicted molar refractivity (Wildman–Crippen MR) is 268 cm³/mol. The zero-order valence-electron chi connectivity index (χ0n) is 37.0. The van der Waals surface area contributed by atoms with Crippen LogP contribution < -0.4 is 4.74 Å². The average molecular weight is 859 g/mol. The summed E-state index contributed by atoms with van der Waals surface area (Å²) in [5.41, 5.74) is 16.3. The van der Waals surface area contributed by atoms with Gasteiger partial charge in [-0.25, -0.2) is 15.0 Å². The molecule has 0 unspecified atom stereocenters. The number of nitriles is 1. The Morgan fingerprint density at radius 2 is 0.836 bits per heavy atom. The third kappa shape index (κ3) is 6.57. The van der Waals surface area contributed by atoms with Crippen molar-refractivity contribution < 1.29 is 4.74 Å². The van der Waals surface area contributed by atoms with Crippen LogP contribution >= 0.6 is 0 Å². The van der Waals surface area contributed by atoms with E-state index in [9.17, 15) is 5.26 Å². The molecule has 0 saturated heterocycles. The fourth-order valence-electron chi connectivity index (χ4n) is 10.4. The summed E-state index contributed by atoms with van der Waals surface area (Å²) in [4.78, 5) is 15.4. The highest BCUT2D eigenvalue weighted by molar-refractivity contribution is 5.84. The number of ether oxygens (including phenoxy) is 1. The molecule has 316 valence electrons. The van der Waals surface area contributed by atoms with Gasteiger partial charge < -0.3 is 4.74 Å². The molecule has 1 aliphatic heterocycles. The lowest BCUT2D eigenvalue weighted by atomic mass is 9.63. The highest BCUT2D eigenvalue weighted by Gasteiger charge is 2.45. The maximum absolute atomic E-state index is 9.56. The molecule has 0 fully saturated rings. The van der Waals surface area contributed by atoms with Crippen LogP contribution in [0.2, 0.25) is 0 Å². The van der Waals surface area contributed by atoms with Crippen LogP contribution in [0.5, 0.6) is 11.5 Å². The maximum atomic E-state index is 9.56. The van der Waals surface area contributed by atoms with Crippen LogP contribution in [0.1, 0.15) is 52.8 Å². The van der Waals surface area contributed by atoms with E-state index >= 15 is 0 Å². The van der Waals surface area contributed by atoms with Crippen molar-refractivity contribution in [2.45, 2.75) is 24.7 Å². The van der Waals surface area contributed by atoms with Crippen LogP contribution in [0.4, 0.5) is 0 Å². The van der Waals surface area contributed by atoms with Crippen LogP contribution in [0.3, 0.4) is 0 Å². The van der Waals surface area contributed by atoms with Gasteiger partial charge in [-0.3, -0.25) is 0 Å². The largest absolute Gasteiger partial charge is 0.457 e. The first-order valence-corrected chi connectivity index (χ1v) is 22.6. The Bertz CT molecular complexity index is 3550. The van der Waals surface area contributed by atoms with Gasteiger partial charge >= 0.3 is 0 Å². The van der Waals surface area contributed by atoms with E-state index in [1.165, 1.54) is 33.4 Å². The highest BCUT2D eigenvalue weighted by atomic mass is 16.5. The molecular weight excluding hydrogens is 817 g/mol. The fourth-order valence-corrected chi connectivity index (χ4v) is 10.4. The number of para-hydroxylation sites is 1. The smallest absolute Gasteiger partial charge is 0.164 e. The number of rotatable bonds is 7. The molecule has 2 aliphatic rings. The number of fused-ring (bicyclic) bond motifs is 5. The molecule has 67 heavy (non-hydrogen) atoms. The van der Waals surface area contributed by atoms with Crippen LogP contribution in [0.15, 0.2) is 218 Å². The van der Waals surface area contributed by atoms with Crippen molar-refractivity contribution in [2.24, 2.45) is 0 Å². The van der Waals surface area contributed by atoms with Gasteiger partial charge in [0.15, 0.2) is 17.5 Å². The van der Waals surface area contributed by atoms with Gasteiger partial charge in [-0.2, -0.15) is 5.26 Å². The van der Waals surface area contributed by atoms with Crippen molar-refractivity contribution in [3.63, 3.8) is 0 Å². The fraction of sp³-hybridized carbons (Fsp3) is 0.0645. The van der Waals surface area contributed by atoms with Crippen LogP contribution in [0, 0.1) is 11.3 Å². The van der Waals surface area contributed by atoms with Crippen molar-refractivity contribution in [3.8, 4) is 85.1 Å². The molecule has 5 nitrogen and oxygen atoms in total. The lowest BCUT2D eigenvalue weighted by molar-refractivity contribution is 0.434. The predicted octanol–water partition coefficient (Wildman–Crippen LogP) is 14.9. The summed E-state index contributed by atoms with van der Waals surface area (Å²) in [5.74, 6) is 3.39. The molecule has 5 heteroatoms. The van der Waals surface area contributed by atoms with Gasteiger partial charge in [-0.15, -0.1) is 0 Å². The number of nitrogens with zero attached hydrogens (tertiary/aromatic N) is 4. The first-order valence-electron chi connectivity index (χ1n) is 22.6. The van der Waals surface area contributed by atoms with Crippen LogP contribution in [-0.4, -0.2) is 15.0 Å². The molecule has 0 atom stereocenters. The lowest BCUT2D eigenvalue weighted by Gasteiger charge is -2.41. The second-order valence-electron chi connectivity index (χ2n) is 17.9. The molecule has 0 amide bonds. The van der Waals surface area contributed by atoms with E-state index < -0.39 is 5.41 Å². The van der Waals surface area contributed by atoms with Gasteiger partial charge in [0.1, 0.15) is 11.5 Å². The second kappa shape index (κ2) is 15.8. The summed E-state index contributed by atoms with van der Waals surface area (Å²) in [7, 11) is 0. The van der Waals surface area contributed by atoms with Gasteiger partial charge in [-0.1, -0.05) is 172 Å². The van der Waals surface area contributed by atoms with E-state index in [2.05, 4.69) is 208 Å². The second-order valence-corrected chi connectivity index (χ2v) is 17.9. The molecule has 2 heterocycles.